The van der Waals surface area contributed by atoms with Gasteiger partial charge in [0.15, 0.2) is 0 Å². The summed E-state index contributed by atoms with van der Waals surface area (Å²) >= 11 is 0. The Kier molecular flexibility index (Phi) is 3.20. The van der Waals surface area contributed by atoms with E-state index in [0.717, 1.165) is 5.39 Å². The SMILES string of the molecule is NCCNC(=O)c1ccc2cccc(O)c2n1. The second-order valence-electron chi connectivity index (χ2n) is 3.59. The zero-order valence-electron chi connectivity index (χ0n) is 9.18. The van der Waals surface area contributed by atoms with E-state index in [0.29, 0.717) is 18.6 Å². The lowest BCUT2D eigenvalue weighted by Crippen LogP contribution is -2.29. The predicted octanol–water partition coefficient (Wildman–Crippen LogP) is 0.629. The predicted molar refractivity (Wildman–Crippen MR) is 64.8 cm³/mol. The molecule has 0 atom stereocenters. The molecule has 0 saturated carbocycles. The first-order chi connectivity index (χ1) is 8.22. The lowest BCUT2D eigenvalue weighted by atomic mass is 10.2. The van der Waals surface area contributed by atoms with Crippen molar-refractivity contribution in [1.29, 1.82) is 0 Å². The molecule has 17 heavy (non-hydrogen) atoms. The minimum Gasteiger partial charge on any atom is -0.506 e. The summed E-state index contributed by atoms with van der Waals surface area (Å²) in [6.07, 6.45) is 0. The molecule has 0 fully saturated rings. The van der Waals surface area contributed by atoms with Crippen molar-refractivity contribution in [3.05, 3.63) is 36.0 Å². The maximum atomic E-state index is 11.6. The molecule has 1 aromatic heterocycles. The average Bonchev–Trinajstić information content (AvgIpc) is 2.36. The van der Waals surface area contributed by atoms with Crippen molar-refractivity contribution in [3.8, 4) is 5.75 Å². The molecule has 0 saturated heterocycles. The molecule has 4 N–H and O–H groups in total. The van der Waals surface area contributed by atoms with Crippen molar-refractivity contribution in [2.75, 3.05) is 13.1 Å². The van der Waals surface area contributed by atoms with E-state index in [9.17, 15) is 9.90 Å². The fourth-order valence-corrected chi connectivity index (χ4v) is 1.53. The molecule has 5 heteroatoms. The van der Waals surface area contributed by atoms with Crippen LogP contribution in [0.3, 0.4) is 0 Å². The van der Waals surface area contributed by atoms with Gasteiger partial charge >= 0.3 is 0 Å². The van der Waals surface area contributed by atoms with Crippen molar-refractivity contribution < 1.29 is 9.90 Å². The number of phenolic OH excluding ortho intramolecular Hbond substituents is 1. The number of amides is 1. The van der Waals surface area contributed by atoms with Crippen molar-refractivity contribution in [1.82, 2.24) is 10.3 Å². The minimum absolute atomic E-state index is 0.0657. The van der Waals surface area contributed by atoms with Gasteiger partial charge in [-0.3, -0.25) is 4.79 Å². The number of nitrogens with two attached hydrogens (primary N) is 1. The van der Waals surface area contributed by atoms with Crippen LogP contribution >= 0.6 is 0 Å². The molecule has 5 nitrogen and oxygen atoms in total. The molecule has 0 aliphatic heterocycles. The molecular formula is C12H13N3O2. The van der Waals surface area contributed by atoms with E-state index >= 15 is 0 Å². The Balaban J connectivity index is 2.37. The summed E-state index contributed by atoms with van der Waals surface area (Å²) in [5, 5.41) is 13.1. The third-order valence-corrected chi connectivity index (χ3v) is 2.36. The van der Waals surface area contributed by atoms with E-state index < -0.39 is 0 Å². The number of benzene rings is 1. The van der Waals surface area contributed by atoms with Gasteiger partial charge in [-0.05, 0) is 12.1 Å². The summed E-state index contributed by atoms with van der Waals surface area (Å²) in [5.41, 5.74) is 5.99. The Morgan fingerprint density at radius 2 is 2.18 bits per heavy atom. The van der Waals surface area contributed by atoms with Gasteiger partial charge in [0.25, 0.3) is 5.91 Å². The lowest BCUT2D eigenvalue weighted by molar-refractivity contribution is 0.0950. The first-order valence-corrected chi connectivity index (χ1v) is 5.29. The number of hydrogen-bond acceptors (Lipinski definition) is 4. The molecule has 0 radical (unpaired) electrons. The number of para-hydroxylation sites is 1. The molecule has 0 aliphatic rings. The Morgan fingerprint density at radius 1 is 1.35 bits per heavy atom. The molecule has 1 amide bonds. The van der Waals surface area contributed by atoms with E-state index in [1.807, 2.05) is 6.07 Å². The molecule has 0 bridgehead atoms. The topological polar surface area (TPSA) is 88.2 Å². The molecular weight excluding hydrogens is 218 g/mol. The van der Waals surface area contributed by atoms with Crippen LogP contribution in [0.15, 0.2) is 30.3 Å². The summed E-state index contributed by atoms with van der Waals surface area (Å²) < 4.78 is 0. The summed E-state index contributed by atoms with van der Waals surface area (Å²) in [7, 11) is 0. The van der Waals surface area contributed by atoms with Crippen LogP contribution in [0.4, 0.5) is 0 Å². The van der Waals surface area contributed by atoms with Gasteiger partial charge in [0.05, 0.1) is 0 Å². The Hall–Kier alpha value is -2.14. The molecule has 1 heterocycles. The van der Waals surface area contributed by atoms with Crippen molar-refractivity contribution >= 4 is 16.8 Å². The van der Waals surface area contributed by atoms with E-state index in [-0.39, 0.29) is 17.4 Å². The largest absolute Gasteiger partial charge is 0.506 e. The fourth-order valence-electron chi connectivity index (χ4n) is 1.53. The maximum Gasteiger partial charge on any atom is 0.269 e. The molecule has 2 rings (SSSR count). The van der Waals surface area contributed by atoms with Crippen molar-refractivity contribution in [2.45, 2.75) is 0 Å². The fraction of sp³-hybridized carbons (Fsp3) is 0.167. The molecule has 0 unspecified atom stereocenters. The number of pyridine rings is 1. The monoisotopic (exact) mass is 231 g/mol. The lowest BCUT2D eigenvalue weighted by Gasteiger charge is -2.05. The third kappa shape index (κ3) is 2.34. The van der Waals surface area contributed by atoms with Gasteiger partial charge in [0.1, 0.15) is 17.0 Å². The zero-order valence-corrected chi connectivity index (χ0v) is 9.18. The summed E-state index contributed by atoms with van der Waals surface area (Å²) in [6, 6.07) is 8.46. The van der Waals surface area contributed by atoms with E-state index in [1.165, 1.54) is 6.07 Å². The Morgan fingerprint density at radius 3 is 2.94 bits per heavy atom. The van der Waals surface area contributed by atoms with Crippen LogP contribution in [0.1, 0.15) is 10.5 Å². The zero-order chi connectivity index (χ0) is 12.3. The first-order valence-electron chi connectivity index (χ1n) is 5.29. The van der Waals surface area contributed by atoms with E-state index in [2.05, 4.69) is 10.3 Å². The van der Waals surface area contributed by atoms with Crippen molar-refractivity contribution in [2.24, 2.45) is 5.73 Å². The maximum absolute atomic E-state index is 11.6. The minimum atomic E-state index is -0.291. The highest BCUT2D eigenvalue weighted by Gasteiger charge is 2.08. The van der Waals surface area contributed by atoms with Gasteiger partial charge in [0.2, 0.25) is 0 Å². The normalized spacial score (nSPS) is 10.4. The number of phenols is 1. The van der Waals surface area contributed by atoms with Gasteiger partial charge in [-0.2, -0.15) is 0 Å². The van der Waals surface area contributed by atoms with Crippen LogP contribution in [-0.4, -0.2) is 29.1 Å². The number of aromatic hydroxyl groups is 1. The highest BCUT2D eigenvalue weighted by Crippen LogP contribution is 2.22. The number of carbonyl (C=O) groups excluding carboxylic acids is 1. The second-order valence-corrected chi connectivity index (χ2v) is 3.59. The first kappa shape index (κ1) is 11.3. The van der Waals surface area contributed by atoms with E-state index in [1.54, 1.807) is 18.2 Å². The summed E-state index contributed by atoms with van der Waals surface area (Å²) in [4.78, 5) is 15.8. The number of carbonyl (C=O) groups is 1. The number of aromatic nitrogens is 1. The van der Waals surface area contributed by atoms with Gasteiger partial charge < -0.3 is 16.2 Å². The highest BCUT2D eigenvalue weighted by molar-refractivity contribution is 5.95. The Labute approximate surface area is 98.3 Å². The molecule has 0 spiro atoms. The molecule has 1 aromatic carbocycles. The van der Waals surface area contributed by atoms with Crippen LogP contribution in [-0.2, 0) is 0 Å². The van der Waals surface area contributed by atoms with Gasteiger partial charge in [-0.1, -0.05) is 18.2 Å². The van der Waals surface area contributed by atoms with Gasteiger partial charge in [-0.25, -0.2) is 4.98 Å². The standard InChI is InChI=1S/C12H13N3O2/c13-6-7-14-12(17)9-5-4-8-2-1-3-10(16)11(8)15-9/h1-5,16H,6-7,13H2,(H,14,17). The smallest absolute Gasteiger partial charge is 0.269 e. The number of nitrogens with zero attached hydrogens (tertiary/aromatic N) is 1. The number of nitrogens with one attached hydrogen (secondary N) is 1. The summed E-state index contributed by atoms with van der Waals surface area (Å²) in [5.74, 6) is -0.225. The van der Waals surface area contributed by atoms with Gasteiger partial charge in [-0.15, -0.1) is 0 Å². The highest BCUT2D eigenvalue weighted by atomic mass is 16.3. The average molecular weight is 231 g/mol. The molecule has 2 aromatic rings. The van der Waals surface area contributed by atoms with Crippen molar-refractivity contribution in [3.63, 3.8) is 0 Å². The van der Waals surface area contributed by atoms with Crippen LogP contribution < -0.4 is 11.1 Å². The molecule has 0 aliphatic carbocycles. The number of hydrogen-bond donors (Lipinski definition) is 3. The van der Waals surface area contributed by atoms with Gasteiger partial charge in [0, 0.05) is 18.5 Å². The summed E-state index contributed by atoms with van der Waals surface area (Å²) in [6.45, 7) is 0.782. The van der Waals surface area contributed by atoms with Crippen LogP contribution in [0.2, 0.25) is 0 Å². The van der Waals surface area contributed by atoms with Crippen LogP contribution in [0, 0.1) is 0 Å². The third-order valence-electron chi connectivity index (χ3n) is 2.36. The number of fused-ring (bicyclic) bond motifs is 1. The molecule has 88 valence electrons. The van der Waals surface area contributed by atoms with Crippen LogP contribution in [0.25, 0.3) is 10.9 Å². The van der Waals surface area contributed by atoms with E-state index in [4.69, 9.17) is 5.73 Å². The second kappa shape index (κ2) is 4.80. The quantitative estimate of drug-likeness (QED) is 0.722. The Bertz CT molecular complexity index is 554. The van der Waals surface area contributed by atoms with Crippen LogP contribution in [0.5, 0.6) is 5.75 Å². The number of rotatable bonds is 3.